The zero-order chi connectivity index (χ0) is 12.5. The Morgan fingerprint density at radius 1 is 0.850 bits per heavy atom. The van der Waals surface area contributed by atoms with E-state index in [1.165, 1.54) is 6.40 Å². The second-order valence-electron chi connectivity index (χ2n) is 3.74. The Bertz CT molecular complexity index is 436. The molecule has 1 unspecified atom stereocenters. The molecule has 5 heteroatoms. The number of benzene rings is 2. The van der Waals surface area contributed by atoms with E-state index in [0.29, 0.717) is 0 Å². The first-order valence-corrected chi connectivity index (χ1v) is 5.92. The third-order valence-corrected chi connectivity index (χ3v) is 2.32. The van der Waals surface area contributed by atoms with E-state index in [-0.39, 0.29) is 27.0 Å². The smallest absolute Gasteiger partial charge is 0.169 e. The van der Waals surface area contributed by atoms with Gasteiger partial charge in [0.05, 0.1) is 6.54 Å². The van der Waals surface area contributed by atoms with E-state index >= 15 is 0 Å². The molecule has 2 aromatic carbocycles. The second-order valence-corrected chi connectivity index (χ2v) is 3.74. The monoisotopic (exact) mass is 330 g/mol. The number of hydrogen-bond donors (Lipinski definition) is 1. The van der Waals surface area contributed by atoms with Crippen molar-refractivity contribution in [3.8, 4) is 0 Å². The normalized spacial score (nSPS) is 11.0. The molecule has 0 radical (unpaired) electrons. The van der Waals surface area contributed by atoms with Gasteiger partial charge in [0, 0.05) is 28.4 Å². The topological polar surface area (TPSA) is 33.6 Å². The fourth-order valence-electron chi connectivity index (χ4n) is 1.47. The van der Waals surface area contributed by atoms with Crippen molar-refractivity contribution in [2.45, 2.75) is 0 Å². The van der Waals surface area contributed by atoms with Crippen LogP contribution in [-0.4, -0.2) is 19.6 Å². The number of anilines is 2. The third-order valence-electron chi connectivity index (χ3n) is 2.32. The van der Waals surface area contributed by atoms with E-state index in [2.05, 4.69) is 15.0 Å². The van der Waals surface area contributed by atoms with Crippen molar-refractivity contribution in [3.63, 3.8) is 0 Å². The Balaban J connectivity index is 0.000000443. The van der Waals surface area contributed by atoms with Crippen molar-refractivity contribution >= 4 is 27.7 Å². The number of nitrogens with zero attached hydrogens (tertiary/aromatic N) is 1. The van der Waals surface area contributed by atoms with Crippen LogP contribution in [0, 0.1) is 0 Å². The zero-order valence-corrected chi connectivity index (χ0v) is 13.7. The van der Waals surface area contributed by atoms with Crippen LogP contribution in [0.25, 0.3) is 0 Å². The Morgan fingerprint density at radius 2 is 1.35 bits per heavy atom. The van der Waals surface area contributed by atoms with Crippen LogP contribution >= 0.6 is 9.90 Å². The van der Waals surface area contributed by atoms with Gasteiger partial charge in [-0.1, -0.05) is 36.4 Å². The zero-order valence-electron chi connectivity index (χ0n) is 11.2. The van der Waals surface area contributed by atoms with Gasteiger partial charge < -0.3 is 10.1 Å². The van der Waals surface area contributed by atoms with Gasteiger partial charge in [-0.05, 0) is 24.3 Å². The molecule has 0 aliphatic carbocycles. The van der Waals surface area contributed by atoms with Crippen LogP contribution in [-0.2, 0) is 21.8 Å². The number of aliphatic imine (C=N–C) groups is 1. The first-order valence-electron chi connectivity index (χ1n) is 5.92. The van der Waals surface area contributed by atoms with Gasteiger partial charge in [0.25, 0.3) is 0 Å². The minimum absolute atomic E-state index is 0. The molecule has 20 heavy (non-hydrogen) atoms. The standard InChI is InChI=1S/C12H11N.C3H5NO.Fe.H3P/c1-3-7-11(8-4-1)13-12-9-5-2-6-10-12;1-2-5-3-4-1;;/h1-10,13H;3H,1-2H2;;1H3. The fraction of sp³-hybridized carbons (Fsp3) is 0.133. The Kier molecular flexibility index (Phi) is 10.7. The van der Waals surface area contributed by atoms with Gasteiger partial charge in [0.1, 0.15) is 6.61 Å². The van der Waals surface area contributed by atoms with E-state index in [0.717, 1.165) is 24.5 Å². The Labute approximate surface area is 133 Å². The van der Waals surface area contributed by atoms with Crippen molar-refractivity contribution in [3.05, 3.63) is 60.7 Å². The van der Waals surface area contributed by atoms with Crippen LogP contribution in [0.3, 0.4) is 0 Å². The van der Waals surface area contributed by atoms with Gasteiger partial charge in [-0.3, -0.25) is 4.99 Å². The number of rotatable bonds is 2. The Hall–Kier alpha value is -1.34. The summed E-state index contributed by atoms with van der Waals surface area (Å²) < 4.78 is 4.65. The average molecular weight is 330 g/mol. The maximum atomic E-state index is 4.65. The van der Waals surface area contributed by atoms with Crippen LogP contribution in [0.4, 0.5) is 11.4 Å². The summed E-state index contributed by atoms with van der Waals surface area (Å²) in [6, 6.07) is 20.3. The molecule has 0 aromatic heterocycles. The fourth-order valence-corrected chi connectivity index (χ4v) is 1.47. The molecule has 1 N–H and O–H groups in total. The summed E-state index contributed by atoms with van der Waals surface area (Å²) in [4.78, 5) is 3.74. The summed E-state index contributed by atoms with van der Waals surface area (Å²) in [6.07, 6.45) is 1.49. The van der Waals surface area contributed by atoms with E-state index < -0.39 is 0 Å². The van der Waals surface area contributed by atoms with Crippen LogP contribution < -0.4 is 5.32 Å². The summed E-state index contributed by atoms with van der Waals surface area (Å²) in [5.74, 6) is 0. The molecule has 0 saturated carbocycles. The SMILES string of the molecule is C1=NCCO1.P.[Fe].c1ccc(Nc2ccccc2)cc1. The Morgan fingerprint density at radius 3 is 1.65 bits per heavy atom. The van der Waals surface area contributed by atoms with Gasteiger partial charge in [-0.2, -0.15) is 9.90 Å². The molecule has 3 rings (SSSR count). The van der Waals surface area contributed by atoms with Gasteiger partial charge >= 0.3 is 0 Å². The van der Waals surface area contributed by atoms with Crippen LogP contribution in [0.5, 0.6) is 0 Å². The van der Waals surface area contributed by atoms with Gasteiger partial charge in [0.2, 0.25) is 0 Å². The van der Waals surface area contributed by atoms with E-state index in [4.69, 9.17) is 0 Å². The van der Waals surface area contributed by atoms with Crippen LogP contribution in [0.2, 0.25) is 0 Å². The molecule has 0 bridgehead atoms. The third kappa shape index (κ3) is 7.30. The molecule has 2 aromatic rings. The minimum atomic E-state index is 0. The molecule has 0 amide bonds. The predicted molar refractivity (Wildman–Crippen MR) is 86.6 cm³/mol. The molecule has 3 nitrogen and oxygen atoms in total. The van der Waals surface area contributed by atoms with Crippen molar-refractivity contribution < 1.29 is 21.8 Å². The summed E-state index contributed by atoms with van der Waals surface area (Å²) in [5, 5.41) is 3.30. The number of ether oxygens (including phenoxy) is 1. The van der Waals surface area contributed by atoms with Gasteiger partial charge in [0.15, 0.2) is 6.40 Å². The molecule has 1 atom stereocenters. The predicted octanol–water partition coefficient (Wildman–Crippen LogP) is 3.53. The van der Waals surface area contributed by atoms with Gasteiger partial charge in [-0.15, -0.1) is 0 Å². The number of hydrogen-bond acceptors (Lipinski definition) is 3. The van der Waals surface area contributed by atoms with E-state index in [1.807, 2.05) is 60.7 Å². The maximum Gasteiger partial charge on any atom is 0.169 e. The van der Waals surface area contributed by atoms with E-state index in [1.54, 1.807) is 0 Å². The maximum absolute atomic E-state index is 4.65. The molecular formula is C15H19FeN2OP. The molecular weight excluding hydrogens is 311 g/mol. The van der Waals surface area contributed by atoms with Gasteiger partial charge in [-0.25, -0.2) is 0 Å². The molecule has 108 valence electrons. The molecule has 0 fully saturated rings. The summed E-state index contributed by atoms with van der Waals surface area (Å²) >= 11 is 0. The minimum Gasteiger partial charge on any atom is -0.482 e. The molecule has 1 aliphatic rings. The molecule has 1 aliphatic heterocycles. The molecule has 0 spiro atoms. The molecule has 1 heterocycles. The van der Waals surface area contributed by atoms with E-state index in [9.17, 15) is 0 Å². The average Bonchev–Trinajstić information content (AvgIpc) is 3.00. The van der Waals surface area contributed by atoms with Crippen LogP contribution in [0.1, 0.15) is 0 Å². The first kappa shape index (κ1) is 18.7. The van der Waals surface area contributed by atoms with Crippen molar-refractivity contribution in [2.75, 3.05) is 18.5 Å². The first-order chi connectivity index (χ1) is 8.95. The summed E-state index contributed by atoms with van der Waals surface area (Å²) in [6.45, 7) is 1.62. The largest absolute Gasteiger partial charge is 0.482 e. The number of para-hydroxylation sites is 2. The molecule has 0 saturated heterocycles. The summed E-state index contributed by atoms with van der Waals surface area (Å²) in [5.41, 5.74) is 2.24. The number of nitrogens with one attached hydrogen (secondary N) is 1. The quantitative estimate of drug-likeness (QED) is 0.675. The van der Waals surface area contributed by atoms with Crippen molar-refractivity contribution in [1.82, 2.24) is 0 Å². The van der Waals surface area contributed by atoms with Crippen LogP contribution in [0.15, 0.2) is 65.7 Å². The van der Waals surface area contributed by atoms with Crippen molar-refractivity contribution in [2.24, 2.45) is 4.99 Å². The second kappa shape index (κ2) is 11.5. The summed E-state index contributed by atoms with van der Waals surface area (Å²) in [7, 11) is 0. The van der Waals surface area contributed by atoms with Crippen molar-refractivity contribution in [1.29, 1.82) is 0 Å².